The Morgan fingerprint density at radius 1 is 1.12 bits per heavy atom. The van der Waals surface area contributed by atoms with Gasteiger partial charge in [-0.3, -0.25) is 4.79 Å². The number of nitrogens with one attached hydrogen (secondary N) is 1. The summed E-state index contributed by atoms with van der Waals surface area (Å²) in [5.41, 5.74) is 9.66. The zero-order valence-electron chi connectivity index (χ0n) is 14.1. The lowest BCUT2D eigenvalue weighted by Crippen LogP contribution is -2.43. The third kappa shape index (κ3) is 4.13. The number of anilines is 1. The second kappa shape index (κ2) is 7.64. The first kappa shape index (κ1) is 17.5. The Morgan fingerprint density at radius 3 is 2.25 bits per heavy atom. The molecule has 0 heterocycles. The van der Waals surface area contributed by atoms with E-state index in [1.807, 2.05) is 44.2 Å². The monoisotopic (exact) mass is 326 g/mol. The lowest BCUT2D eigenvalue weighted by molar-refractivity contribution is -0.142. The highest BCUT2D eigenvalue weighted by Crippen LogP contribution is 2.18. The second-order valence-corrected chi connectivity index (χ2v) is 5.76. The van der Waals surface area contributed by atoms with Gasteiger partial charge in [-0.2, -0.15) is 0 Å². The van der Waals surface area contributed by atoms with Crippen LogP contribution in [-0.2, 0) is 16.0 Å². The highest BCUT2D eigenvalue weighted by molar-refractivity contribution is 5.97. The molecule has 0 saturated heterocycles. The summed E-state index contributed by atoms with van der Waals surface area (Å²) >= 11 is 0. The number of nitrogens with two attached hydrogens (primary N) is 1. The van der Waals surface area contributed by atoms with E-state index in [-0.39, 0.29) is 5.91 Å². The van der Waals surface area contributed by atoms with E-state index in [0.29, 0.717) is 17.7 Å². The average molecular weight is 326 g/mol. The van der Waals surface area contributed by atoms with Crippen LogP contribution in [0.3, 0.4) is 0 Å². The lowest BCUT2D eigenvalue weighted by Gasteiger charge is -2.17. The van der Waals surface area contributed by atoms with Crippen molar-refractivity contribution in [2.24, 2.45) is 0 Å². The Morgan fingerprint density at radius 2 is 1.71 bits per heavy atom. The summed E-state index contributed by atoms with van der Waals surface area (Å²) in [5, 5.41) is 2.75. The van der Waals surface area contributed by atoms with Gasteiger partial charge in [-0.1, -0.05) is 30.3 Å². The molecule has 0 spiro atoms. The highest BCUT2D eigenvalue weighted by Gasteiger charge is 2.23. The van der Waals surface area contributed by atoms with Crippen molar-refractivity contribution in [3.63, 3.8) is 0 Å². The number of carbonyl (C=O) groups is 2. The van der Waals surface area contributed by atoms with Gasteiger partial charge in [0.2, 0.25) is 0 Å². The van der Waals surface area contributed by atoms with Crippen LogP contribution in [0.25, 0.3) is 0 Å². The Hall–Kier alpha value is -2.82. The van der Waals surface area contributed by atoms with Crippen LogP contribution in [0.4, 0.5) is 5.69 Å². The Labute approximate surface area is 141 Å². The molecule has 0 bridgehead atoms. The van der Waals surface area contributed by atoms with Crippen LogP contribution in [-0.4, -0.2) is 25.0 Å². The fourth-order valence-corrected chi connectivity index (χ4v) is 2.53. The predicted octanol–water partition coefficient (Wildman–Crippen LogP) is 2.40. The molecule has 5 nitrogen and oxygen atoms in total. The van der Waals surface area contributed by atoms with Crippen molar-refractivity contribution in [1.82, 2.24) is 5.32 Å². The molecule has 0 aliphatic heterocycles. The van der Waals surface area contributed by atoms with Crippen molar-refractivity contribution < 1.29 is 14.3 Å². The van der Waals surface area contributed by atoms with Crippen LogP contribution >= 0.6 is 0 Å². The van der Waals surface area contributed by atoms with Gasteiger partial charge >= 0.3 is 5.97 Å². The number of benzene rings is 2. The van der Waals surface area contributed by atoms with E-state index in [2.05, 4.69) is 5.32 Å². The van der Waals surface area contributed by atoms with Gasteiger partial charge in [-0.15, -0.1) is 0 Å². The molecule has 2 rings (SSSR count). The molecule has 0 aromatic heterocycles. The second-order valence-electron chi connectivity index (χ2n) is 5.76. The van der Waals surface area contributed by atoms with Crippen molar-refractivity contribution >= 4 is 17.6 Å². The highest BCUT2D eigenvalue weighted by atomic mass is 16.5. The molecule has 1 atom stereocenters. The van der Waals surface area contributed by atoms with E-state index in [0.717, 1.165) is 16.7 Å². The predicted molar refractivity (Wildman–Crippen MR) is 93.7 cm³/mol. The minimum atomic E-state index is -0.747. The van der Waals surface area contributed by atoms with Crippen molar-refractivity contribution in [2.45, 2.75) is 26.3 Å². The molecule has 5 heteroatoms. The fraction of sp³-hybridized carbons (Fsp3) is 0.263. The number of ether oxygens (including phenoxy) is 1. The molecule has 0 radical (unpaired) electrons. The van der Waals surface area contributed by atoms with Gasteiger partial charge in [0, 0.05) is 17.7 Å². The number of methoxy groups -OCH3 is 1. The van der Waals surface area contributed by atoms with E-state index >= 15 is 0 Å². The summed E-state index contributed by atoms with van der Waals surface area (Å²) < 4.78 is 4.81. The molecule has 3 N–H and O–H groups in total. The van der Waals surface area contributed by atoms with Gasteiger partial charge in [-0.25, -0.2) is 4.79 Å². The molecule has 0 aliphatic rings. The molecule has 2 aromatic rings. The zero-order valence-corrected chi connectivity index (χ0v) is 14.1. The van der Waals surface area contributed by atoms with Crippen LogP contribution in [0.5, 0.6) is 0 Å². The van der Waals surface area contributed by atoms with Crippen molar-refractivity contribution in [3.8, 4) is 0 Å². The molecule has 24 heavy (non-hydrogen) atoms. The minimum Gasteiger partial charge on any atom is -0.467 e. The zero-order chi connectivity index (χ0) is 17.7. The van der Waals surface area contributed by atoms with Crippen LogP contribution < -0.4 is 11.1 Å². The van der Waals surface area contributed by atoms with Gasteiger partial charge in [0.25, 0.3) is 5.91 Å². The van der Waals surface area contributed by atoms with Crippen LogP contribution in [0.2, 0.25) is 0 Å². The fourth-order valence-electron chi connectivity index (χ4n) is 2.53. The summed E-state index contributed by atoms with van der Waals surface area (Å²) in [6.45, 7) is 3.70. The summed E-state index contributed by atoms with van der Waals surface area (Å²) in [4.78, 5) is 24.5. The van der Waals surface area contributed by atoms with Gasteiger partial charge in [0.1, 0.15) is 6.04 Å². The number of esters is 1. The van der Waals surface area contributed by atoms with E-state index < -0.39 is 12.0 Å². The Bertz CT molecular complexity index is 719. The number of aryl methyl sites for hydroxylation is 2. The van der Waals surface area contributed by atoms with Gasteiger partial charge in [0.05, 0.1) is 7.11 Å². The van der Waals surface area contributed by atoms with E-state index in [1.165, 1.54) is 7.11 Å². The topological polar surface area (TPSA) is 81.4 Å². The maximum Gasteiger partial charge on any atom is 0.328 e. The van der Waals surface area contributed by atoms with Crippen LogP contribution in [0.15, 0.2) is 42.5 Å². The van der Waals surface area contributed by atoms with Gasteiger partial charge in [0.15, 0.2) is 0 Å². The summed E-state index contributed by atoms with van der Waals surface area (Å²) in [6.07, 6.45) is 0.367. The third-order valence-electron chi connectivity index (χ3n) is 3.93. The molecule has 0 fully saturated rings. The summed E-state index contributed by atoms with van der Waals surface area (Å²) in [6, 6.07) is 12.2. The largest absolute Gasteiger partial charge is 0.467 e. The minimum absolute atomic E-state index is 0.326. The first-order valence-electron chi connectivity index (χ1n) is 7.71. The van der Waals surface area contributed by atoms with Crippen molar-refractivity contribution in [1.29, 1.82) is 0 Å². The normalized spacial score (nSPS) is 11.6. The van der Waals surface area contributed by atoms with Gasteiger partial charge in [-0.05, 0) is 42.7 Å². The van der Waals surface area contributed by atoms with Gasteiger partial charge < -0.3 is 15.8 Å². The molecular weight excluding hydrogens is 304 g/mol. The van der Waals surface area contributed by atoms with Crippen molar-refractivity contribution in [2.75, 3.05) is 12.8 Å². The first-order chi connectivity index (χ1) is 11.4. The number of nitrogen functional groups attached to an aromatic ring is 1. The number of hydrogen-bond donors (Lipinski definition) is 2. The SMILES string of the molecule is COC(=O)C(Cc1ccccc1)NC(=O)c1cc(C)c(N)c(C)c1. The first-order valence-corrected chi connectivity index (χ1v) is 7.71. The number of carbonyl (C=O) groups excluding carboxylic acids is 2. The quantitative estimate of drug-likeness (QED) is 0.653. The maximum absolute atomic E-state index is 12.5. The number of rotatable bonds is 5. The van der Waals surface area contributed by atoms with E-state index in [1.54, 1.807) is 12.1 Å². The Kier molecular flexibility index (Phi) is 5.58. The molecule has 1 unspecified atom stereocenters. The maximum atomic E-state index is 12.5. The summed E-state index contributed by atoms with van der Waals surface area (Å²) in [5.74, 6) is -0.802. The molecule has 0 saturated carbocycles. The van der Waals surface area contributed by atoms with Crippen LogP contribution in [0, 0.1) is 13.8 Å². The third-order valence-corrected chi connectivity index (χ3v) is 3.93. The molecule has 1 amide bonds. The van der Waals surface area contributed by atoms with E-state index in [4.69, 9.17) is 10.5 Å². The smallest absolute Gasteiger partial charge is 0.328 e. The summed E-state index contributed by atoms with van der Waals surface area (Å²) in [7, 11) is 1.31. The molecule has 126 valence electrons. The number of amides is 1. The molecule has 0 aliphatic carbocycles. The van der Waals surface area contributed by atoms with Crippen LogP contribution in [0.1, 0.15) is 27.0 Å². The average Bonchev–Trinajstić information content (AvgIpc) is 2.58. The van der Waals surface area contributed by atoms with Crippen molar-refractivity contribution in [3.05, 3.63) is 64.7 Å². The Balaban J connectivity index is 2.20. The standard InChI is InChI=1S/C19H22N2O3/c1-12-9-15(10-13(2)17(12)20)18(22)21-16(19(23)24-3)11-14-7-5-4-6-8-14/h4-10,16H,11,20H2,1-3H3,(H,21,22). The molecular formula is C19H22N2O3. The lowest BCUT2D eigenvalue weighted by atomic mass is 10.0. The number of hydrogen-bond acceptors (Lipinski definition) is 4. The van der Waals surface area contributed by atoms with E-state index in [9.17, 15) is 9.59 Å². The molecule has 2 aromatic carbocycles.